The van der Waals surface area contributed by atoms with E-state index in [0.717, 1.165) is 19.5 Å². The number of fused-ring (bicyclic) bond motifs is 1. The molecule has 1 heterocycles. The molecule has 3 nitrogen and oxygen atoms in total. The molecule has 2 rings (SSSR count). The number of hydrogen-bond acceptors (Lipinski definition) is 3. The summed E-state index contributed by atoms with van der Waals surface area (Å²) < 4.78 is 0. The van der Waals surface area contributed by atoms with Gasteiger partial charge in [-0.25, -0.2) is 0 Å². The molecule has 19 heavy (non-hydrogen) atoms. The van der Waals surface area contributed by atoms with Crippen LogP contribution in [-0.2, 0) is 6.42 Å². The molecule has 0 saturated heterocycles. The number of pyridine rings is 1. The molecule has 1 aromatic rings. The van der Waals surface area contributed by atoms with Gasteiger partial charge in [0.1, 0.15) is 0 Å². The fourth-order valence-electron chi connectivity index (χ4n) is 3.10. The third kappa shape index (κ3) is 3.77. The predicted molar refractivity (Wildman–Crippen MR) is 80.0 cm³/mol. The largest absolute Gasteiger partial charge is 0.324 e. The molecule has 0 aromatic carbocycles. The first-order valence-electron chi connectivity index (χ1n) is 7.48. The van der Waals surface area contributed by atoms with Crippen LogP contribution in [0, 0.1) is 0 Å². The number of aromatic nitrogens is 1. The van der Waals surface area contributed by atoms with E-state index in [4.69, 9.17) is 5.73 Å². The molecule has 2 N–H and O–H groups in total. The highest BCUT2D eigenvalue weighted by molar-refractivity contribution is 5.25. The molecule has 0 amide bonds. The van der Waals surface area contributed by atoms with E-state index in [1.807, 2.05) is 6.20 Å². The van der Waals surface area contributed by atoms with E-state index in [2.05, 4.69) is 42.8 Å². The first kappa shape index (κ1) is 14.5. The van der Waals surface area contributed by atoms with Crippen LogP contribution in [0.3, 0.4) is 0 Å². The summed E-state index contributed by atoms with van der Waals surface area (Å²) in [7, 11) is 0. The fourth-order valence-corrected chi connectivity index (χ4v) is 3.10. The van der Waals surface area contributed by atoms with Crippen LogP contribution in [0.2, 0.25) is 0 Å². The molecular formula is C16H27N3. The van der Waals surface area contributed by atoms with Crippen molar-refractivity contribution in [2.75, 3.05) is 13.1 Å². The predicted octanol–water partition coefficient (Wildman–Crippen LogP) is 2.91. The van der Waals surface area contributed by atoms with E-state index in [-0.39, 0.29) is 5.54 Å². The van der Waals surface area contributed by atoms with Gasteiger partial charge >= 0.3 is 0 Å². The molecule has 0 aliphatic heterocycles. The van der Waals surface area contributed by atoms with Crippen molar-refractivity contribution in [2.24, 2.45) is 5.73 Å². The molecular weight excluding hydrogens is 234 g/mol. The van der Waals surface area contributed by atoms with Crippen LogP contribution in [0.5, 0.6) is 0 Å². The second kappa shape index (κ2) is 6.02. The maximum atomic E-state index is 6.23. The number of rotatable bonds is 5. The minimum Gasteiger partial charge on any atom is -0.324 e. The second-order valence-electron chi connectivity index (χ2n) is 6.41. The van der Waals surface area contributed by atoms with Crippen molar-refractivity contribution in [3.05, 3.63) is 29.6 Å². The molecule has 0 bridgehead atoms. The van der Waals surface area contributed by atoms with Crippen molar-refractivity contribution in [1.82, 2.24) is 9.88 Å². The minimum atomic E-state index is -0.151. The maximum absolute atomic E-state index is 6.23. The van der Waals surface area contributed by atoms with Gasteiger partial charge in [0.25, 0.3) is 0 Å². The van der Waals surface area contributed by atoms with Crippen LogP contribution in [-0.4, -0.2) is 28.5 Å². The molecule has 0 spiro atoms. The van der Waals surface area contributed by atoms with Crippen LogP contribution >= 0.6 is 0 Å². The number of nitrogens with zero attached hydrogens (tertiary/aromatic N) is 2. The quantitative estimate of drug-likeness (QED) is 0.886. The Labute approximate surface area is 117 Å². The highest BCUT2D eigenvalue weighted by Gasteiger charge is 2.29. The van der Waals surface area contributed by atoms with Gasteiger partial charge in [0.05, 0.1) is 11.7 Å². The summed E-state index contributed by atoms with van der Waals surface area (Å²) in [5.74, 6) is 0. The Morgan fingerprint density at radius 3 is 2.95 bits per heavy atom. The Morgan fingerprint density at radius 2 is 2.26 bits per heavy atom. The zero-order chi connectivity index (χ0) is 13.9. The van der Waals surface area contributed by atoms with Crippen molar-refractivity contribution < 1.29 is 0 Å². The molecule has 0 radical (unpaired) electrons. The molecule has 106 valence electrons. The minimum absolute atomic E-state index is 0.151. The van der Waals surface area contributed by atoms with Gasteiger partial charge in [-0.15, -0.1) is 0 Å². The molecule has 0 saturated carbocycles. The van der Waals surface area contributed by atoms with E-state index in [1.54, 1.807) is 0 Å². The summed E-state index contributed by atoms with van der Waals surface area (Å²) in [4.78, 5) is 7.18. The number of aryl methyl sites for hydroxylation is 1. The zero-order valence-corrected chi connectivity index (χ0v) is 12.5. The lowest BCUT2D eigenvalue weighted by Gasteiger charge is -2.38. The summed E-state index contributed by atoms with van der Waals surface area (Å²) in [6, 6.07) is 4.73. The average Bonchev–Trinajstić information content (AvgIpc) is 2.36. The van der Waals surface area contributed by atoms with Gasteiger partial charge in [-0.2, -0.15) is 0 Å². The van der Waals surface area contributed by atoms with E-state index in [1.165, 1.54) is 30.5 Å². The third-order valence-corrected chi connectivity index (χ3v) is 3.73. The third-order valence-electron chi connectivity index (χ3n) is 3.73. The second-order valence-corrected chi connectivity index (χ2v) is 6.41. The normalized spacial score (nSPS) is 19.5. The summed E-state index contributed by atoms with van der Waals surface area (Å²) in [5.41, 5.74) is 8.79. The summed E-state index contributed by atoms with van der Waals surface area (Å²) in [6.45, 7) is 8.48. The Balaban J connectivity index is 2.23. The first-order valence-corrected chi connectivity index (χ1v) is 7.48. The highest BCUT2D eigenvalue weighted by atomic mass is 15.2. The van der Waals surface area contributed by atoms with Gasteiger partial charge in [0.2, 0.25) is 0 Å². The van der Waals surface area contributed by atoms with Crippen LogP contribution < -0.4 is 5.73 Å². The molecule has 1 aliphatic carbocycles. The van der Waals surface area contributed by atoms with Gasteiger partial charge in [-0.1, -0.05) is 13.0 Å². The summed E-state index contributed by atoms with van der Waals surface area (Å²) in [5, 5.41) is 0. The van der Waals surface area contributed by atoms with Crippen molar-refractivity contribution >= 4 is 0 Å². The Hall–Kier alpha value is -0.930. The molecule has 1 atom stereocenters. The Morgan fingerprint density at radius 1 is 1.47 bits per heavy atom. The van der Waals surface area contributed by atoms with Gasteiger partial charge in [-0.3, -0.25) is 9.88 Å². The lowest BCUT2D eigenvalue weighted by Crippen LogP contribution is -2.47. The highest BCUT2D eigenvalue weighted by Crippen LogP contribution is 2.33. The fraction of sp³-hybridized carbons (Fsp3) is 0.688. The van der Waals surface area contributed by atoms with Gasteiger partial charge in [0, 0.05) is 18.3 Å². The van der Waals surface area contributed by atoms with Crippen LogP contribution in [0.15, 0.2) is 18.3 Å². The monoisotopic (exact) mass is 261 g/mol. The topological polar surface area (TPSA) is 42.1 Å². The van der Waals surface area contributed by atoms with Gasteiger partial charge < -0.3 is 5.73 Å². The lowest BCUT2D eigenvalue weighted by atomic mass is 9.90. The molecule has 3 heteroatoms. The van der Waals surface area contributed by atoms with Crippen LogP contribution in [0.25, 0.3) is 0 Å². The molecule has 1 aliphatic rings. The maximum Gasteiger partial charge on any atom is 0.0607 e. The first-order chi connectivity index (χ1) is 9.01. The van der Waals surface area contributed by atoms with Gasteiger partial charge in [-0.05, 0) is 57.7 Å². The lowest BCUT2D eigenvalue weighted by molar-refractivity contribution is 0.145. The Bertz CT molecular complexity index is 409. The number of hydrogen-bond donors (Lipinski definition) is 1. The zero-order valence-electron chi connectivity index (χ0n) is 12.5. The van der Waals surface area contributed by atoms with Crippen molar-refractivity contribution in [1.29, 1.82) is 0 Å². The van der Waals surface area contributed by atoms with E-state index >= 15 is 0 Å². The van der Waals surface area contributed by atoms with Crippen LogP contribution in [0.1, 0.15) is 57.3 Å². The molecule has 1 aromatic heterocycles. The van der Waals surface area contributed by atoms with E-state index < -0.39 is 0 Å². The number of nitrogens with two attached hydrogens (primary N) is 1. The van der Waals surface area contributed by atoms with Crippen molar-refractivity contribution in [3.63, 3.8) is 0 Å². The smallest absolute Gasteiger partial charge is 0.0607 e. The SMILES string of the molecule is CCCN(CC(C)(C)N)C1CCCc2cccnc21. The standard InChI is InChI=1S/C16H27N3/c1-4-11-19(12-16(2,3)17)14-9-5-7-13-8-6-10-18-15(13)14/h6,8,10,14H,4-5,7,9,11-12,17H2,1-3H3. The summed E-state index contributed by atoms with van der Waals surface area (Å²) >= 11 is 0. The van der Waals surface area contributed by atoms with Crippen molar-refractivity contribution in [3.8, 4) is 0 Å². The summed E-state index contributed by atoms with van der Waals surface area (Å²) in [6.07, 6.45) is 6.73. The average molecular weight is 261 g/mol. The van der Waals surface area contributed by atoms with E-state index in [0.29, 0.717) is 6.04 Å². The van der Waals surface area contributed by atoms with E-state index in [9.17, 15) is 0 Å². The molecule has 1 unspecified atom stereocenters. The van der Waals surface area contributed by atoms with Crippen molar-refractivity contribution in [2.45, 2.75) is 58.0 Å². The Kier molecular flexibility index (Phi) is 4.58. The van der Waals surface area contributed by atoms with Gasteiger partial charge in [0.15, 0.2) is 0 Å². The molecule has 0 fully saturated rings. The van der Waals surface area contributed by atoms with Crippen LogP contribution in [0.4, 0.5) is 0 Å².